The Labute approximate surface area is 113 Å². The molecular weight excluding hydrogens is 304 g/mol. The highest BCUT2D eigenvalue weighted by Crippen LogP contribution is 2.34. The topological polar surface area (TPSA) is 72.8 Å². The number of hydrogen-bond acceptors (Lipinski definition) is 4. The van der Waals surface area contributed by atoms with Crippen molar-refractivity contribution in [3.63, 3.8) is 0 Å². The van der Waals surface area contributed by atoms with Crippen molar-refractivity contribution in [1.29, 1.82) is 0 Å². The molecule has 0 heterocycles. The van der Waals surface area contributed by atoms with E-state index in [1.807, 2.05) is 13.8 Å². The van der Waals surface area contributed by atoms with Crippen LogP contribution in [0.1, 0.15) is 24.2 Å². The smallest absolute Gasteiger partial charge is 0.377 e. The summed E-state index contributed by atoms with van der Waals surface area (Å²) in [6.07, 6.45) is -0.118. The highest BCUT2D eigenvalue weighted by Gasteiger charge is 2.21. The van der Waals surface area contributed by atoms with Crippen LogP contribution in [0.2, 0.25) is 0 Å². The van der Waals surface area contributed by atoms with E-state index in [-0.39, 0.29) is 11.7 Å². The average Bonchev–Trinajstić information content (AvgIpc) is 2.29. The van der Waals surface area contributed by atoms with Crippen LogP contribution >= 0.6 is 15.9 Å². The summed E-state index contributed by atoms with van der Waals surface area (Å²) in [5.41, 5.74) is 0.0268. The summed E-state index contributed by atoms with van der Waals surface area (Å²) in [5, 5.41) is 8.72. The molecule has 1 aromatic rings. The third kappa shape index (κ3) is 3.22. The van der Waals surface area contributed by atoms with Crippen molar-refractivity contribution in [2.45, 2.75) is 20.0 Å². The summed E-state index contributed by atoms with van der Waals surface area (Å²) in [6.45, 7) is 3.64. The third-order valence-electron chi connectivity index (χ3n) is 2.05. The van der Waals surface area contributed by atoms with E-state index in [4.69, 9.17) is 14.6 Å². The van der Waals surface area contributed by atoms with Gasteiger partial charge >= 0.3 is 5.97 Å². The van der Waals surface area contributed by atoms with Crippen LogP contribution in [-0.2, 0) is 4.79 Å². The molecule has 0 atom stereocenters. The van der Waals surface area contributed by atoms with Gasteiger partial charge in [-0.15, -0.1) is 0 Å². The van der Waals surface area contributed by atoms with Gasteiger partial charge in [-0.2, -0.15) is 0 Å². The van der Waals surface area contributed by atoms with Crippen molar-refractivity contribution in [2.75, 3.05) is 7.11 Å². The number of Topliss-reactive ketones (excluding diaryl/α,β-unsaturated/α-hetero) is 1. The van der Waals surface area contributed by atoms with Crippen molar-refractivity contribution >= 4 is 27.7 Å². The molecular formula is C12H13BrO5. The number of benzene rings is 1. The minimum Gasteiger partial charge on any atom is -0.493 e. The maximum atomic E-state index is 11.5. The summed E-state index contributed by atoms with van der Waals surface area (Å²) >= 11 is 3.14. The first-order chi connectivity index (χ1) is 8.36. The Kier molecular flexibility index (Phi) is 4.72. The first-order valence-electron chi connectivity index (χ1n) is 5.18. The average molecular weight is 317 g/mol. The maximum Gasteiger partial charge on any atom is 0.377 e. The molecule has 6 heteroatoms. The molecule has 5 nitrogen and oxygen atoms in total. The quantitative estimate of drug-likeness (QED) is 0.667. The molecule has 18 heavy (non-hydrogen) atoms. The van der Waals surface area contributed by atoms with Gasteiger partial charge in [-0.05, 0) is 41.9 Å². The molecule has 1 N–H and O–H groups in total. The van der Waals surface area contributed by atoms with Gasteiger partial charge in [0, 0.05) is 10.0 Å². The minimum atomic E-state index is -1.52. The molecule has 0 radical (unpaired) electrons. The van der Waals surface area contributed by atoms with Crippen LogP contribution in [0, 0.1) is 0 Å². The number of methoxy groups -OCH3 is 1. The number of aliphatic carboxylic acids is 1. The van der Waals surface area contributed by atoms with Gasteiger partial charge in [-0.3, -0.25) is 4.79 Å². The summed E-state index contributed by atoms with van der Waals surface area (Å²) in [6, 6.07) is 2.87. The molecule has 0 fully saturated rings. The number of carbonyl (C=O) groups is 2. The summed E-state index contributed by atoms with van der Waals surface area (Å²) in [4.78, 5) is 22.2. The van der Waals surface area contributed by atoms with Crippen LogP contribution in [0.15, 0.2) is 16.6 Å². The second-order valence-electron chi connectivity index (χ2n) is 3.78. The molecule has 0 saturated carbocycles. The zero-order chi connectivity index (χ0) is 13.9. The standard InChI is InChI=1S/C12H13BrO5/c1-6(2)18-10-4-7(11(14)12(15)16)8(13)5-9(10)17-3/h4-6H,1-3H3,(H,15,16). The summed E-state index contributed by atoms with van der Waals surface area (Å²) in [5.74, 6) is -1.76. The van der Waals surface area contributed by atoms with E-state index in [9.17, 15) is 9.59 Å². The van der Waals surface area contributed by atoms with Crippen LogP contribution in [0.5, 0.6) is 11.5 Å². The van der Waals surface area contributed by atoms with Gasteiger partial charge in [0.2, 0.25) is 0 Å². The highest BCUT2D eigenvalue weighted by molar-refractivity contribution is 9.10. The third-order valence-corrected chi connectivity index (χ3v) is 2.71. The molecule has 1 aromatic carbocycles. The van der Waals surface area contributed by atoms with Crippen molar-refractivity contribution in [1.82, 2.24) is 0 Å². The number of carboxylic acids is 1. The Morgan fingerprint density at radius 3 is 2.33 bits per heavy atom. The van der Waals surface area contributed by atoms with Crippen LogP contribution < -0.4 is 9.47 Å². The van der Waals surface area contributed by atoms with Gasteiger partial charge in [0.1, 0.15) is 0 Å². The van der Waals surface area contributed by atoms with E-state index in [0.29, 0.717) is 16.0 Å². The number of carbonyl (C=O) groups excluding carboxylic acids is 1. The first kappa shape index (κ1) is 14.5. The zero-order valence-electron chi connectivity index (χ0n) is 10.2. The van der Waals surface area contributed by atoms with E-state index >= 15 is 0 Å². The van der Waals surface area contributed by atoms with Crippen LogP contribution in [0.3, 0.4) is 0 Å². The fraction of sp³-hybridized carbons (Fsp3) is 0.333. The van der Waals surface area contributed by atoms with Gasteiger partial charge in [0.25, 0.3) is 5.78 Å². The number of hydrogen-bond donors (Lipinski definition) is 1. The molecule has 0 aliphatic heterocycles. The van der Waals surface area contributed by atoms with E-state index in [1.165, 1.54) is 19.2 Å². The Morgan fingerprint density at radius 2 is 1.89 bits per heavy atom. The first-order valence-corrected chi connectivity index (χ1v) is 5.98. The second kappa shape index (κ2) is 5.86. The lowest BCUT2D eigenvalue weighted by Gasteiger charge is -2.15. The molecule has 0 aliphatic rings. The van der Waals surface area contributed by atoms with Gasteiger partial charge < -0.3 is 14.6 Å². The number of ether oxygens (including phenoxy) is 2. The van der Waals surface area contributed by atoms with Crippen molar-refractivity contribution < 1.29 is 24.2 Å². The predicted octanol–water partition coefficient (Wildman–Crippen LogP) is 2.51. The molecule has 0 saturated heterocycles. The lowest BCUT2D eigenvalue weighted by Crippen LogP contribution is -2.14. The SMILES string of the molecule is COc1cc(Br)c(C(=O)C(=O)O)cc1OC(C)C. The molecule has 0 spiro atoms. The normalized spacial score (nSPS) is 10.3. The van der Waals surface area contributed by atoms with Gasteiger partial charge in [0.05, 0.1) is 13.2 Å². The van der Waals surface area contributed by atoms with E-state index in [1.54, 1.807) is 0 Å². The fourth-order valence-electron chi connectivity index (χ4n) is 1.33. The molecule has 0 aromatic heterocycles. The number of halogens is 1. The zero-order valence-corrected chi connectivity index (χ0v) is 11.8. The highest BCUT2D eigenvalue weighted by atomic mass is 79.9. The Hall–Kier alpha value is -1.56. The van der Waals surface area contributed by atoms with E-state index in [2.05, 4.69) is 15.9 Å². The number of rotatable bonds is 5. The van der Waals surface area contributed by atoms with E-state index < -0.39 is 11.8 Å². The van der Waals surface area contributed by atoms with Crippen molar-refractivity contribution in [3.8, 4) is 11.5 Å². The summed E-state index contributed by atoms with van der Waals surface area (Å²) in [7, 11) is 1.47. The number of carboxylic acid groups (broad SMARTS) is 1. The summed E-state index contributed by atoms with van der Waals surface area (Å²) < 4.78 is 10.9. The van der Waals surface area contributed by atoms with Gasteiger partial charge in [-0.1, -0.05) is 0 Å². The molecule has 1 rings (SSSR count). The fourth-order valence-corrected chi connectivity index (χ4v) is 1.83. The Bertz CT molecular complexity index is 482. The lowest BCUT2D eigenvalue weighted by atomic mass is 10.1. The Balaban J connectivity index is 3.29. The van der Waals surface area contributed by atoms with Crippen LogP contribution in [0.25, 0.3) is 0 Å². The Morgan fingerprint density at radius 1 is 1.28 bits per heavy atom. The van der Waals surface area contributed by atoms with Crippen LogP contribution in [0.4, 0.5) is 0 Å². The van der Waals surface area contributed by atoms with Crippen LogP contribution in [-0.4, -0.2) is 30.1 Å². The molecule has 0 unspecified atom stereocenters. The molecule has 98 valence electrons. The maximum absolute atomic E-state index is 11.5. The monoisotopic (exact) mass is 316 g/mol. The molecule has 0 bridgehead atoms. The largest absolute Gasteiger partial charge is 0.493 e. The minimum absolute atomic E-state index is 0.0268. The molecule has 0 aliphatic carbocycles. The predicted molar refractivity (Wildman–Crippen MR) is 68.4 cm³/mol. The van der Waals surface area contributed by atoms with Gasteiger partial charge in [0.15, 0.2) is 11.5 Å². The van der Waals surface area contributed by atoms with Gasteiger partial charge in [-0.25, -0.2) is 4.79 Å². The number of ketones is 1. The second-order valence-corrected chi connectivity index (χ2v) is 4.64. The molecule has 0 amide bonds. The lowest BCUT2D eigenvalue weighted by molar-refractivity contribution is -0.131. The van der Waals surface area contributed by atoms with E-state index in [0.717, 1.165) is 0 Å². The van der Waals surface area contributed by atoms with Crippen molar-refractivity contribution in [2.24, 2.45) is 0 Å². The van der Waals surface area contributed by atoms with Crippen molar-refractivity contribution in [3.05, 3.63) is 22.2 Å².